The molecular weight excluding hydrogens is 747 g/mol. The number of esters is 1. The number of halogens is 5. The number of amides is 2. The monoisotopic (exact) mass is 778 g/mol. The van der Waals surface area contributed by atoms with Gasteiger partial charge in [0, 0.05) is 36.7 Å². The van der Waals surface area contributed by atoms with Gasteiger partial charge in [0.1, 0.15) is 5.69 Å². The van der Waals surface area contributed by atoms with Crippen LogP contribution >= 0.6 is 0 Å². The fourth-order valence-corrected chi connectivity index (χ4v) is 8.18. The minimum absolute atomic E-state index is 0.0215. The van der Waals surface area contributed by atoms with Crippen LogP contribution in [0.1, 0.15) is 64.4 Å². The van der Waals surface area contributed by atoms with Crippen molar-refractivity contribution in [2.24, 2.45) is 5.11 Å². The van der Waals surface area contributed by atoms with Gasteiger partial charge in [-0.15, -0.1) is 0 Å². The minimum atomic E-state index is -4.72. The fourth-order valence-electron chi connectivity index (χ4n) is 5.87. The Kier molecular flexibility index (Phi) is 11.3. The summed E-state index contributed by atoms with van der Waals surface area (Å²) in [6.45, 7) is 1.26. The van der Waals surface area contributed by atoms with E-state index in [0.717, 1.165) is 13.8 Å². The number of ether oxygens (including phenoxy) is 2. The maximum absolute atomic E-state index is 14.3. The highest BCUT2D eigenvalue weighted by Gasteiger charge is 2.64. The normalized spacial score (nSPS) is 14.9. The number of nitrogens with one attached hydrogen (secondary N) is 1. The zero-order valence-electron chi connectivity index (χ0n) is 28.7. The maximum atomic E-state index is 14.3. The second-order valence-corrected chi connectivity index (χ2v) is 15.8. The number of rotatable bonds is 15. The highest BCUT2D eigenvalue weighted by Crippen LogP contribution is 2.50. The smallest absolute Gasteiger partial charge is 0.332 e. The van der Waals surface area contributed by atoms with E-state index >= 15 is 0 Å². The lowest BCUT2D eigenvalue weighted by atomic mass is 10.0. The summed E-state index contributed by atoms with van der Waals surface area (Å²) in [5.74, 6) is -17.3. The van der Waals surface area contributed by atoms with Crippen LogP contribution in [-0.4, -0.2) is 83.2 Å². The molecule has 1 saturated carbocycles. The predicted molar refractivity (Wildman–Crippen MR) is 176 cm³/mol. The molecule has 15 nitrogen and oxygen atoms in total. The number of fused-ring (bicyclic) bond motifs is 1. The highest BCUT2D eigenvalue weighted by atomic mass is 32.2. The average Bonchev–Trinajstić information content (AvgIpc) is 3.86. The van der Waals surface area contributed by atoms with Gasteiger partial charge < -0.3 is 19.7 Å². The van der Waals surface area contributed by atoms with Crippen molar-refractivity contribution in [1.82, 2.24) is 20.0 Å². The number of benzene rings is 2. The van der Waals surface area contributed by atoms with Gasteiger partial charge in [-0.3, -0.25) is 14.3 Å². The van der Waals surface area contributed by atoms with Crippen molar-refractivity contribution in [3.05, 3.63) is 91.9 Å². The Morgan fingerprint density at radius 2 is 1.70 bits per heavy atom. The molecule has 21 heteroatoms. The van der Waals surface area contributed by atoms with Crippen molar-refractivity contribution in [3.8, 4) is 11.8 Å². The summed E-state index contributed by atoms with van der Waals surface area (Å²) in [5, 5.41) is 19.5. The highest BCUT2D eigenvalue weighted by molar-refractivity contribution is 7.95. The van der Waals surface area contributed by atoms with Gasteiger partial charge in [-0.25, -0.2) is 26.4 Å². The molecule has 286 valence electrons. The molecule has 2 aromatic carbocycles. The number of nitrogens with zero attached hydrogens (tertiary/aromatic N) is 7. The van der Waals surface area contributed by atoms with Crippen molar-refractivity contribution in [3.63, 3.8) is 0 Å². The van der Waals surface area contributed by atoms with E-state index in [1.54, 1.807) is 24.3 Å². The van der Waals surface area contributed by atoms with Crippen LogP contribution in [-0.2, 0) is 38.9 Å². The van der Waals surface area contributed by atoms with E-state index < -0.39 is 78.5 Å². The van der Waals surface area contributed by atoms with E-state index in [2.05, 4.69) is 25.2 Å². The molecule has 1 aliphatic heterocycles. The molecule has 2 amide bonds. The molecule has 0 bridgehead atoms. The van der Waals surface area contributed by atoms with Crippen LogP contribution in [0.5, 0.6) is 5.75 Å². The van der Waals surface area contributed by atoms with Crippen LogP contribution in [0.2, 0.25) is 0 Å². The Morgan fingerprint density at radius 3 is 2.30 bits per heavy atom. The van der Waals surface area contributed by atoms with Crippen LogP contribution in [0, 0.1) is 40.4 Å². The van der Waals surface area contributed by atoms with E-state index in [1.165, 1.54) is 9.58 Å². The summed E-state index contributed by atoms with van der Waals surface area (Å²) in [6.07, 6.45) is -0.0424. The number of aromatic nitrogens is 2. The molecule has 1 N–H and O–H groups in total. The number of azide groups is 1. The Hall–Kier alpha value is -5.58. The molecule has 5 rings (SSSR count). The topological polar surface area (TPSA) is 209 Å². The molecule has 1 aliphatic carbocycles. The van der Waals surface area contributed by atoms with Crippen LogP contribution < -0.4 is 10.1 Å². The Bertz CT molecular complexity index is 2180. The average molecular weight is 779 g/mol. The van der Waals surface area contributed by atoms with Gasteiger partial charge in [-0.1, -0.05) is 17.2 Å². The lowest BCUT2D eigenvalue weighted by Crippen LogP contribution is -2.54. The van der Waals surface area contributed by atoms with Gasteiger partial charge >= 0.3 is 5.97 Å². The van der Waals surface area contributed by atoms with Crippen molar-refractivity contribution < 1.29 is 54.2 Å². The molecule has 2 heterocycles. The van der Waals surface area contributed by atoms with Gasteiger partial charge in [-0.2, -0.15) is 19.1 Å². The predicted octanol–water partition coefficient (Wildman–Crippen LogP) is 4.04. The third-order valence-electron chi connectivity index (χ3n) is 9.15. The molecule has 0 atom stereocenters. The largest absolute Gasteiger partial charge is 0.419 e. The van der Waals surface area contributed by atoms with Gasteiger partial charge in [0.2, 0.25) is 34.8 Å². The molecule has 3 aromatic rings. The summed E-state index contributed by atoms with van der Waals surface area (Å²) < 4.78 is 104. The van der Waals surface area contributed by atoms with Crippen LogP contribution in [0.15, 0.2) is 29.4 Å². The van der Waals surface area contributed by atoms with E-state index in [0.29, 0.717) is 11.1 Å². The molecule has 0 spiro atoms. The first kappa shape index (κ1) is 39.6. The summed E-state index contributed by atoms with van der Waals surface area (Å²) in [6, 6.07) is 8.47. The molecule has 2 aliphatic rings. The molecular formula is C33H31F5N8O7S. The zero-order chi connectivity index (χ0) is 39.6. The lowest BCUT2D eigenvalue weighted by Gasteiger charge is -2.34. The lowest BCUT2D eigenvalue weighted by molar-refractivity contribution is -0.137. The molecule has 0 unspecified atom stereocenters. The third-order valence-corrected chi connectivity index (χ3v) is 12.3. The van der Waals surface area contributed by atoms with Crippen molar-refractivity contribution in [2.45, 2.75) is 55.7 Å². The van der Waals surface area contributed by atoms with E-state index in [9.17, 15) is 44.8 Å². The number of sulfone groups is 1. The SMILES string of the molecule is CC(C)(C(=O)Oc1c(F)c(F)c(F)c(F)c1F)S(=O)(=O)C1(CN2CCc3c(C(=O)NCc4ccc(C#N)cc4)nn(CCOCCN=[N+]=[N-])c3C2=O)CC1. The second kappa shape index (κ2) is 15.4. The molecule has 1 aromatic heterocycles. The summed E-state index contributed by atoms with van der Waals surface area (Å²) >= 11 is 0. The van der Waals surface area contributed by atoms with Gasteiger partial charge in [-0.05, 0) is 56.3 Å². The first-order valence-corrected chi connectivity index (χ1v) is 17.7. The van der Waals surface area contributed by atoms with Crippen molar-refractivity contribution in [2.75, 3.05) is 32.8 Å². The van der Waals surface area contributed by atoms with Gasteiger partial charge in [0.25, 0.3) is 11.8 Å². The summed E-state index contributed by atoms with van der Waals surface area (Å²) in [7, 11) is -4.72. The Labute approximate surface area is 304 Å². The van der Waals surface area contributed by atoms with Crippen molar-refractivity contribution >= 4 is 27.6 Å². The molecule has 0 saturated heterocycles. The number of hydrogen-bond donors (Lipinski definition) is 1. The van der Waals surface area contributed by atoms with Crippen LogP contribution in [0.4, 0.5) is 22.0 Å². The van der Waals surface area contributed by atoms with Crippen molar-refractivity contribution in [1.29, 1.82) is 5.26 Å². The maximum Gasteiger partial charge on any atom is 0.332 e. The second-order valence-electron chi connectivity index (χ2n) is 12.9. The Morgan fingerprint density at radius 1 is 1.07 bits per heavy atom. The molecule has 54 heavy (non-hydrogen) atoms. The van der Waals surface area contributed by atoms with Crippen LogP contribution in [0.25, 0.3) is 10.4 Å². The summed E-state index contributed by atoms with van der Waals surface area (Å²) in [5.41, 5.74) is 9.77. The number of carbonyl (C=O) groups excluding carboxylic acids is 3. The standard InChI is InChI=1S/C33H31F5N8O7S/c1-32(2,31(49)53-28-24(37)22(35)21(34)23(36)25(28)38)54(50,51)33(8-9-33)17-45-11-7-20-26(29(47)41-16-19-5-3-18(15-39)4-6-19)43-46(27(20)30(45)48)12-14-52-13-10-42-44-40/h3-6H,7-14,16-17H2,1-2H3,(H,41,47). The first-order valence-electron chi connectivity index (χ1n) is 16.2. The first-order chi connectivity index (χ1) is 25.5. The quantitative estimate of drug-likeness (QED) is 0.0271. The zero-order valence-corrected chi connectivity index (χ0v) is 29.5. The summed E-state index contributed by atoms with van der Waals surface area (Å²) in [4.78, 5) is 44.4. The fraction of sp³-hybridized carbons (Fsp3) is 0.424. The number of carbonyl (C=O) groups is 3. The van der Waals surface area contributed by atoms with Gasteiger partial charge in [0.15, 0.2) is 20.3 Å². The van der Waals surface area contributed by atoms with Gasteiger partial charge in [0.05, 0.1) is 36.1 Å². The van der Waals surface area contributed by atoms with E-state index in [4.69, 9.17) is 15.5 Å². The Balaban J connectivity index is 1.37. The van der Waals surface area contributed by atoms with Crippen LogP contribution in [0.3, 0.4) is 0 Å². The molecule has 0 radical (unpaired) electrons. The molecule has 1 fully saturated rings. The number of hydrogen-bond acceptors (Lipinski definition) is 10. The van der Waals surface area contributed by atoms with E-state index in [-0.39, 0.29) is 75.6 Å². The number of nitriles is 1. The minimum Gasteiger partial charge on any atom is -0.419 e. The third kappa shape index (κ3) is 7.31. The van der Waals surface area contributed by atoms with E-state index in [1.807, 2.05) is 6.07 Å².